The van der Waals surface area contributed by atoms with E-state index in [1.807, 2.05) is 0 Å². The predicted molar refractivity (Wildman–Crippen MR) is 76.0 cm³/mol. The molecule has 0 amide bonds. The topological polar surface area (TPSA) is 18.5 Å². The van der Waals surface area contributed by atoms with Gasteiger partial charge in [-0.15, -0.1) is 0 Å². The molecule has 106 valence electrons. The number of allylic oxidation sites excluding steroid dienone is 3. The van der Waals surface area contributed by atoms with Crippen molar-refractivity contribution in [2.24, 2.45) is 0 Å². The van der Waals surface area contributed by atoms with Crippen molar-refractivity contribution < 1.29 is 18.3 Å². The summed E-state index contributed by atoms with van der Waals surface area (Å²) < 4.78 is 36.9. The van der Waals surface area contributed by atoms with Crippen molar-refractivity contribution in [3.63, 3.8) is 0 Å². The SMILES string of the molecule is C=CC(=C)/C=C\C(=C)COc1ccc(OC)c(F)c1F. The Kier molecular flexibility index (Phi) is 5.72. The highest BCUT2D eigenvalue weighted by molar-refractivity contribution is 5.36. The average molecular weight is 278 g/mol. The minimum absolute atomic E-state index is 0.0314. The van der Waals surface area contributed by atoms with E-state index in [1.54, 1.807) is 18.2 Å². The molecule has 0 bridgehead atoms. The van der Waals surface area contributed by atoms with Crippen LogP contribution in [0.25, 0.3) is 0 Å². The van der Waals surface area contributed by atoms with Crippen molar-refractivity contribution in [3.05, 3.63) is 72.9 Å². The van der Waals surface area contributed by atoms with Crippen LogP contribution in [0, 0.1) is 11.6 Å². The number of benzene rings is 1. The third-order valence-electron chi connectivity index (χ3n) is 2.44. The number of halogens is 2. The maximum absolute atomic E-state index is 13.6. The Morgan fingerprint density at radius 3 is 2.35 bits per heavy atom. The van der Waals surface area contributed by atoms with Crippen molar-refractivity contribution in [2.75, 3.05) is 13.7 Å². The van der Waals surface area contributed by atoms with E-state index in [2.05, 4.69) is 24.5 Å². The first-order valence-corrected chi connectivity index (χ1v) is 5.81. The summed E-state index contributed by atoms with van der Waals surface area (Å²) in [5.74, 6) is -2.53. The van der Waals surface area contributed by atoms with Crippen molar-refractivity contribution in [1.29, 1.82) is 0 Å². The summed E-state index contributed by atoms with van der Waals surface area (Å²) in [6.07, 6.45) is 4.95. The third kappa shape index (κ3) is 4.09. The van der Waals surface area contributed by atoms with E-state index in [4.69, 9.17) is 4.74 Å². The minimum Gasteiger partial charge on any atom is -0.494 e. The van der Waals surface area contributed by atoms with Crippen LogP contribution in [0.5, 0.6) is 11.5 Å². The van der Waals surface area contributed by atoms with Crippen LogP contribution in [0.1, 0.15) is 0 Å². The van der Waals surface area contributed by atoms with Gasteiger partial charge < -0.3 is 9.47 Å². The fraction of sp³-hybridized carbons (Fsp3) is 0.125. The molecule has 1 aromatic rings. The van der Waals surface area contributed by atoms with Gasteiger partial charge in [0.05, 0.1) is 7.11 Å². The summed E-state index contributed by atoms with van der Waals surface area (Å²) in [5.41, 5.74) is 1.30. The average Bonchev–Trinajstić information content (AvgIpc) is 2.46. The molecule has 0 saturated heterocycles. The summed E-state index contributed by atoms with van der Waals surface area (Å²) in [4.78, 5) is 0. The molecule has 0 radical (unpaired) electrons. The van der Waals surface area contributed by atoms with Gasteiger partial charge in [-0.25, -0.2) is 0 Å². The van der Waals surface area contributed by atoms with Gasteiger partial charge in [0.15, 0.2) is 11.5 Å². The third-order valence-corrected chi connectivity index (χ3v) is 2.44. The van der Waals surface area contributed by atoms with E-state index in [9.17, 15) is 8.78 Å². The number of ether oxygens (including phenoxy) is 2. The van der Waals surface area contributed by atoms with Crippen LogP contribution in [-0.4, -0.2) is 13.7 Å². The molecule has 0 N–H and O–H groups in total. The molecule has 0 spiro atoms. The van der Waals surface area contributed by atoms with Gasteiger partial charge in [0.1, 0.15) is 6.61 Å². The number of rotatable bonds is 7. The van der Waals surface area contributed by atoms with E-state index in [-0.39, 0.29) is 18.1 Å². The second-order valence-corrected chi connectivity index (χ2v) is 3.95. The number of methoxy groups -OCH3 is 1. The van der Waals surface area contributed by atoms with Gasteiger partial charge in [-0.05, 0) is 23.3 Å². The monoisotopic (exact) mass is 278 g/mol. The summed E-state index contributed by atoms with van der Waals surface area (Å²) in [7, 11) is 1.26. The highest BCUT2D eigenvalue weighted by Gasteiger charge is 2.14. The molecule has 2 nitrogen and oxygen atoms in total. The molecule has 20 heavy (non-hydrogen) atoms. The fourth-order valence-electron chi connectivity index (χ4n) is 1.29. The van der Waals surface area contributed by atoms with Crippen molar-refractivity contribution in [3.8, 4) is 11.5 Å². The Morgan fingerprint density at radius 1 is 1.15 bits per heavy atom. The Morgan fingerprint density at radius 2 is 1.75 bits per heavy atom. The molecule has 0 aliphatic carbocycles. The van der Waals surface area contributed by atoms with Gasteiger partial charge in [-0.2, -0.15) is 8.78 Å². The Labute approximate surface area is 117 Å². The maximum Gasteiger partial charge on any atom is 0.204 e. The lowest BCUT2D eigenvalue weighted by Gasteiger charge is -2.09. The van der Waals surface area contributed by atoms with E-state index in [1.165, 1.54) is 19.2 Å². The first-order chi connectivity index (χ1) is 9.49. The van der Waals surface area contributed by atoms with Gasteiger partial charge in [-0.1, -0.05) is 38.0 Å². The summed E-state index contributed by atoms with van der Waals surface area (Å²) >= 11 is 0. The first kappa shape index (κ1) is 15.7. The zero-order valence-corrected chi connectivity index (χ0v) is 11.3. The van der Waals surface area contributed by atoms with Crippen LogP contribution in [-0.2, 0) is 0 Å². The van der Waals surface area contributed by atoms with Crippen LogP contribution in [0.3, 0.4) is 0 Å². The second kappa shape index (κ2) is 7.28. The molecule has 0 aromatic heterocycles. The Bertz CT molecular complexity index is 560. The quantitative estimate of drug-likeness (QED) is 0.696. The molecule has 4 heteroatoms. The van der Waals surface area contributed by atoms with E-state index in [0.29, 0.717) is 11.1 Å². The summed E-state index contributed by atoms with van der Waals surface area (Å²) in [5, 5.41) is 0. The van der Waals surface area contributed by atoms with E-state index in [0.717, 1.165) is 0 Å². The molecule has 0 saturated carbocycles. The molecule has 0 fully saturated rings. The van der Waals surface area contributed by atoms with Gasteiger partial charge in [0.2, 0.25) is 11.6 Å². The van der Waals surface area contributed by atoms with Crippen molar-refractivity contribution in [2.45, 2.75) is 0 Å². The van der Waals surface area contributed by atoms with Crippen molar-refractivity contribution in [1.82, 2.24) is 0 Å². The van der Waals surface area contributed by atoms with Crippen molar-refractivity contribution >= 4 is 0 Å². The van der Waals surface area contributed by atoms with Gasteiger partial charge >= 0.3 is 0 Å². The molecule has 1 aromatic carbocycles. The van der Waals surface area contributed by atoms with E-state index >= 15 is 0 Å². The smallest absolute Gasteiger partial charge is 0.204 e. The van der Waals surface area contributed by atoms with Gasteiger partial charge in [-0.3, -0.25) is 0 Å². The molecule has 0 aliphatic heterocycles. The molecule has 1 rings (SSSR count). The van der Waals surface area contributed by atoms with Crippen LogP contribution in [0.2, 0.25) is 0 Å². The lowest BCUT2D eigenvalue weighted by atomic mass is 10.2. The Hall–Kier alpha value is -2.36. The standard InChI is InChI=1S/C16H16F2O2/c1-5-11(2)6-7-12(3)10-20-14-9-8-13(19-4)15(17)16(14)18/h5-9H,1-3,10H2,4H3/b7-6-. The first-order valence-electron chi connectivity index (χ1n) is 5.81. The largest absolute Gasteiger partial charge is 0.494 e. The molecular weight excluding hydrogens is 262 g/mol. The molecular formula is C16H16F2O2. The maximum atomic E-state index is 13.6. The minimum atomic E-state index is -1.09. The second-order valence-electron chi connectivity index (χ2n) is 3.95. The molecule has 0 heterocycles. The predicted octanol–water partition coefficient (Wildman–Crippen LogP) is 4.21. The normalized spacial score (nSPS) is 10.3. The zero-order chi connectivity index (χ0) is 15.1. The molecule has 0 unspecified atom stereocenters. The molecule has 0 aliphatic rings. The van der Waals surface area contributed by atoms with Gasteiger partial charge in [0.25, 0.3) is 0 Å². The lowest BCUT2D eigenvalue weighted by molar-refractivity contribution is 0.316. The van der Waals surface area contributed by atoms with Crippen LogP contribution in [0.15, 0.2) is 61.2 Å². The zero-order valence-electron chi connectivity index (χ0n) is 11.3. The Balaban J connectivity index is 2.69. The number of hydrogen-bond acceptors (Lipinski definition) is 2. The van der Waals surface area contributed by atoms with Gasteiger partial charge in [0, 0.05) is 0 Å². The summed E-state index contributed by atoms with van der Waals surface area (Å²) in [6.45, 7) is 11.0. The van der Waals surface area contributed by atoms with Crippen LogP contribution in [0.4, 0.5) is 8.78 Å². The lowest BCUT2D eigenvalue weighted by Crippen LogP contribution is -2.02. The number of hydrogen-bond donors (Lipinski definition) is 0. The molecule has 0 atom stereocenters. The van der Waals surface area contributed by atoms with E-state index < -0.39 is 11.6 Å². The highest BCUT2D eigenvalue weighted by atomic mass is 19.2. The fourth-order valence-corrected chi connectivity index (χ4v) is 1.29. The summed E-state index contributed by atoms with van der Waals surface area (Å²) in [6, 6.07) is 2.60. The highest BCUT2D eigenvalue weighted by Crippen LogP contribution is 2.27. The van der Waals surface area contributed by atoms with Crippen LogP contribution >= 0.6 is 0 Å². The van der Waals surface area contributed by atoms with Crippen LogP contribution < -0.4 is 9.47 Å².